The minimum atomic E-state index is -4.69. The molecule has 2 rings (SSSR count). The minimum absolute atomic E-state index is 0.199. The van der Waals surface area contributed by atoms with Gasteiger partial charge in [-0.1, -0.05) is 12.5 Å². The van der Waals surface area contributed by atoms with Gasteiger partial charge in [-0.3, -0.25) is 5.32 Å². The fourth-order valence-corrected chi connectivity index (χ4v) is 2.58. The summed E-state index contributed by atoms with van der Waals surface area (Å²) in [4.78, 5) is 0. The number of nitrogens with one attached hydrogen (secondary N) is 2. The van der Waals surface area contributed by atoms with Crippen molar-refractivity contribution in [2.45, 2.75) is 50.6 Å². The van der Waals surface area contributed by atoms with Crippen molar-refractivity contribution >= 4 is 5.69 Å². The summed E-state index contributed by atoms with van der Waals surface area (Å²) >= 11 is 0. The lowest BCUT2D eigenvalue weighted by Gasteiger charge is -2.21. The van der Waals surface area contributed by atoms with Crippen molar-refractivity contribution in [2.24, 2.45) is 0 Å². The van der Waals surface area contributed by atoms with Gasteiger partial charge in [-0.25, -0.2) is 4.39 Å². The monoisotopic (exact) mass is 376 g/mol. The number of ether oxygens (including phenoxy) is 1. The average molecular weight is 376 g/mol. The number of anilines is 1. The summed E-state index contributed by atoms with van der Waals surface area (Å²) in [6.07, 6.45) is 1.96. The van der Waals surface area contributed by atoms with E-state index < -0.39 is 18.8 Å². The molecule has 1 saturated carbocycles. The molecule has 1 aliphatic rings. The van der Waals surface area contributed by atoms with Crippen molar-refractivity contribution in [1.82, 2.24) is 5.32 Å². The van der Waals surface area contributed by atoms with Crippen molar-refractivity contribution in [1.29, 1.82) is 0 Å². The minimum Gasteiger partial charge on any atom is -0.406 e. The Morgan fingerprint density at radius 2 is 1.85 bits per heavy atom. The van der Waals surface area contributed by atoms with E-state index in [2.05, 4.69) is 15.4 Å². The van der Waals surface area contributed by atoms with Gasteiger partial charge in [0.2, 0.25) is 0 Å². The second-order valence-electron chi connectivity index (χ2n) is 6.36. The maximum atomic E-state index is 12.7. The van der Waals surface area contributed by atoms with Gasteiger partial charge in [-0.15, -0.1) is 13.2 Å². The lowest BCUT2D eigenvalue weighted by atomic mass is 10.2. The zero-order chi connectivity index (χ0) is 19.0. The normalized spacial score (nSPS) is 16.4. The molecule has 0 aromatic heterocycles. The number of aliphatic hydroxyl groups is 1. The Labute approximate surface area is 150 Å². The van der Waals surface area contributed by atoms with Gasteiger partial charge in [0, 0.05) is 5.69 Å². The fourth-order valence-electron chi connectivity index (χ4n) is 2.58. The summed E-state index contributed by atoms with van der Waals surface area (Å²) in [5.41, 5.74) is 0.532. The SMILES string of the molecule is OC/C(F)=C/CCCCCNC1(Nc2ccc(OC(F)(F)F)cc2)CC1. The summed E-state index contributed by atoms with van der Waals surface area (Å²) in [5.74, 6) is -0.733. The number of benzene rings is 1. The third-order valence-electron chi connectivity index (χ3n) is 4.08. The fraction of sp³-hybridized carbons (Fsp3) is 0.556. The van der Waals surface area contributed by atoms with Crippen LogP contribution in [-0.2, 0) is 0 Å². The van der Waals surface area contributed by atoms with Crippen LogP contribution in [0.25, 0.3) is 0 Å². The quantitative estimate of drug-likeness (QED) is 0.303. The predicted molar refractivity (Wildman–Crippen MR) is 91.5 cm³/mol. The first-order chi connectivity index (χ1) is 12.3. The molecule has 0 saturated heterocycles. The van der Waals surface area contributed by atoms with E-state index in [1.807, 2.05) is 0 Å². The van der Waals surface area contributed by atoms with Crippen molar-refractivity contribution < 1.29 is 27.4 Å². The second kappa shape index (κ2) is 9.23. The molecule has 1 aromatic carbocycles. The molecule has 0 atom stereocenters. The van der Waals surface area contributed by atoms with E-state index in [9.17, 15) is 17.6 Å². The lowest BCUT2D eigenvalue weighted by Crippen LogP contribution is -2.39. The number of unbranched alkanes of at least 4 members (excludes halogenated alkanes) is 3. The Kier molecular flexibility index (Phi) is 7.28. The highest BCUT2D eigenvalue weighted by Crippen LogP contribution is 2.36. The molecule has 3 N–H and O–H groups in total. The van der Waals surface area contributed by atoms with E-state index in [0.29, 0.717) is 6.42 Å². The van der Waals surface area contributed by atoms with E-state index in [1.54, 1.807) is 12.1 Å². The van der Waals surface area contributed by atoms with Crippen molar-refractivity contribution in [3.05, 3.63) is 36.2 Å². The van der Waals surface area contributed by atoms with Gasteiger partial charge in [0.1, 0.15) is 11.6 Å². The zero-order valence-corrected chi connectivity index (χ0v) is 14.4. The Morgan fingerprint density at radius 3 is 2.42 bits per heavy atom. The van der Waals surface area contributed by atoms with Gasteiger partial charge in [0.15, 0.2) is 0 Å². The van der Waals surface area contributed by atoms with Crippen LogP contribution in [0.2, 0.25) is 0 Å². The maximum Gasteiger partial charge on any atom is 0.573 e. The number of alkyl halides is 3. The summed E-state index contributed by atoms with van der Waals surface area (Å²) < 4.78 is 53.0. The number of aliphatic hydroxyl groups excluding tert-OH is 1. The number of rotatable bonds is 11. The van der Waals surface area contributed by atoms with Crippen molar-refractivity contribution in [3.8, 4) is 5.75 Å². The van der Waals surface area contributed by atoms with E-state index >= 15 is 0 Å². The Bertz CT molecular complexity index is 584. The molecule has 4 nitrogen and oxygen atoms in total. The van der Waals surface area contributed by atoms with Crippen LogP contribution in [0.3, 0.4) is 0 Å². The van der Waals surface area contributed by atoms with Crippen LogP contribution in [0.15, 0.2) is 36.2 Å². The number of halogens is 4. The van der Waals surface area contributed by atoms with E-state index in [1.165, 1.54) is 18.2 Å². The molecule has 8 heteroatoms. The summed E-state index contributed by atoms with van der Waals surface area (Å²) in [6.45, 7) is 0.257. The smallest absolute Gasteiger partial charge is 0.406 e. The zero-order valence-electron chi connectivity index (χ0n) is 14.4. The van der Waals surface area contributed by atoms with Gasteiger partial charge >= 0.3 is 6.36 Å². The number of hydrogen-bond acceptors (Lipinski definition) is 4. The predicted octanol–water partition coefficient (Wildman–Crippen LogP) is 4.48. The third kappa shape index (κ3) is 7.61. The molecule has 146 valence electrons. The maximum absolute atomic E-state index is 12.7. The first kappa shape index (κ1) is 20.5. The number of hydrogen-bond donors (Lipinski definition) is 3. The lowest BCUT2D eigenvalue weighted by molar-refractivity contribution is -0.274. The Balaban J connectivity index is 1.66. The number of allylic oxidation sites excluding steroid dienone is 1. The second-order valence-corrected chi connectivity index (χ2v) is 6.36. The van der Waals surface area contributed by atoms with Crippen LogP contribution in [0.5, 0.6) is 5.75 Å². The highest BCUT2D eigenvalue weighted by Gasteiger charge is 2.42. The van der Waals surface area contributed by atoms with E-state index in [4.69, 9.17) is 5.11 Å². The van der Waals surface area contributed by atoms with Crippen molar-refractivity contribution in [3.63, 3.8) is 0 Å². The standard InChI is InChI=1S/C18H24F4N2O2/c19-14(13-25)5-3-1-2-4-12-23-17(10-11-17)24-15-6-8-16(9-7-15)26-18(20,21)22/h5-9,23-25H,1-4,10-13H2/b14-5-. The summed E-state index contributed by atoms with van der Waals surface area (Å²) in [5, 5.41) is 15.3. The molecule has 0 spiro atoms. The third-order valence-corrected chi connectivity index (χ3v) is 4.08. The molecule has 26 heavy (non-hydrogen) atoms. The van der Waals surface area contributed by atoms with Crippen LogP contribution in [-0.4, -0.2) is 30.3 Å². The molecule has 0 bridgehead atoms. The van der Waals surface area contributed by atoms with Crippen LogP contribution < -0.4 is 15.4 Å². The van der Waals surface area contributed by atoms with Crippen molar-refractivity contribution in [2.75, 3.05) is 18.5 Å². The molecular weight excluding hydrogens is 352 g/mol. The molecule has 0 unspecified atom stereocenters. The van der Waals surface area contributed by atoms with Gasteiger partial charge in [0.25, 0.3) is 0 Å². The Morgan fingerprint density at radius 1 is 1.15 bits per heavy atom. The highest BCUT2D eigenvalue weighted by molar-refractivity contribution is 5.49. The van der Waals surface area contributed by atoms with E-state index in [-0.39, 0.29) is 11.4 Å². The largest absolute Gasteiger partial charge is 0.573 e. The molecule has 1 aliphatic carbocycles. The average Bonchev–Trinajstić information content (AvgIpc) is 3.34. The van der Waals surface area contributed by atoms with Gasteiger partial charge in [0.05, 0.1) is 12.3 Å². The van der Waals surface area contributed by atoms with Crippen LogP contribution in [0.4, 0.5) is 23.2 Å². The Hall–Kier alpha value is -1.80. The first-order valence-electron chi connectivity index (χ1n) is 8.66. The molecule has 0 aliphatic heterocycles. The van der Waals surface area contributed by atoms with Gasteiger partial charge in [-0.05, 0) is 62.9 Å². The molecule has 1 fully saturated rings. The van der Waals surface area contributed by atoms with Crippen LogP contribution >= 0.6 is 0 Å². The molecular formula is C18H24F4N2O2. The molecule has 1 aromatic rings. The van der Waals surface area contributed by atoms with E-state index in [0.717, 1.165) is 44.3 Å². The first-order valence-corrected chi connectivity index (χ1v) is 8.66. The van der Waals surface area contributed by atoms with Gasteiger partial charge < -0.3 is 15.2 Å². The molecule has 0 heterocycles. The van der Waals surface area contributed by atoms with Gasteiger partial charge in [-0.2, -0.15) is 0 Å². The summed E-state index contributed by atoms with van der Waals surface area (Å²) in [7, 11) is 0. The molecule has 0 radical (unpaired) electrons. The summed E-state index contributed by atoms with van der Waals surface area (Å²) in [6, 6.07) is 5.69. The highest BCUT2D eigenvalue weighted by atomic mass is 19.4. The van der Waals surface area contributed by atoms with Crippen LogP contribution in [0, 0.1) is 0 Å². The topological polar surface area (TPSA) is 53.5 Å². The molecule has 0 amide bonds. The van der Waals surface area contributed by atoms with Crippen LogP contribution in [0.1, 0.15) is 38.5 Å².